The molecule has 1 atom stereocenters. The zero-order chi connectivity index (χ0) is 12.1. The van der Waals surface area contributed by atoms with Crippen molar-refractivity contribution >= 4 is 5.78 Å². The lowest BCUT2D eigenvalue weighted by Crippen LogP contribution is -2.30. The van der Waals surface area contributed by atoms with Gasteiger partial charge in [0.05, 0.1) is 12.7 Å². The number of ketones is 1. The van der Waals surface area contributed by atoms with E-state index in [1.165, 1.54) is 0 Å². The molecule has 16 heavy (non-hydrogen) atoms. The summed E-state index contributed by atoms with van der Waals surface area (Å²) in [5, 5.41) is 0. The van der Waals surface area contributed by atoms with E-state index in [0.717, 1.165) is 19.5 Å². The lowest BCUT2D eigenvalue weighted by molar-refractivity contribution is -0.123. The number of Topliss-reactive ketones (excluding diaryl/α,β-unsaturated/α-hetero) is 1. The van der Waals surface area contributed by atoms with Gasteiger partial charge in [-0.15, -0.1) is 0 Å². The number of hydrogen-bond acceptors (Lipinski definition) is 3. The molecule has 3 heteroatoms. The predicted molar refractivity (Wildman–Crippen MR) is 65.5 cm³/mol. The second-order valence-corrected chi connectivity index (χ2v) is 5.24. The summed E-state index contributed by atoms with van der Waals surface area (Å²) in [5.41, 5.74) is 0. The van der Waals surface area contributed by atoms with Gasteiger partial charge in [-0.05, 0) is 20.3 Å². The van der Waals surface area contributed by atoms with Gasteiger partial charge in [-0.1, -0.05) is 13.8 Å². The van der Waals surface area contributed by atoms with E-state index in [1.807, 2.05) is 13.8 Å². The summed E-state index contributed by atoms with van der Waals surface area (Å²) in [4.78, 5) is 13.8. The molecule has 94 valence electrons. The van der Waals surface area contributed by atoms with Crippen LogP contribution in [0.15, 0.2) is 0 Å². The van der Waals surface area contributed by atoms with Crippen LogP contribution >= 0.6 is 0 Å². The molecule has 1 aliphatic rings. The maximum Gasteiger partial charge on any atom is 0.137 e. The van der Waals surface area contributed by atoms with Crippen LogP contribution in [0.5, 0.6) is 0 Å². The van der Waals surface area contributed by atoms with Crippen LogP contribution < -0.4 is 0 Å². The molecule has 0 bridgehead atoms. The Morgan fingerprint density at radius 3 is 2.56 bits per heavy atom. The second kappa shape index (κ2) is 6.36. The highest BCUT2D eigenvalue weighted by Gasteiger charge is 2.24. The Hall–Kier alpha value is -0.410. The van der Waals surface area contributed by atoms with Gasteiger partial charge in [0.1, 0.15) is 5.78 Å². The van der Waals surface area contributed by atoms with Gasteiger partial charge in [-0.3, -0.25) is 9.69 Å². The van der Waals surface area contributed by atoms with Gasteiger partial charge in [-0.25, -0.2) is 0 Å². The van der Waals surface area contributed by atoms with Crippen molar-refractivity contribution in [3.05, 3.63) is 0 Å². The molecular weight excluding hydrogens is 202 g/mol. The Morgan fingerprint density at radius 1 is 1.38 bits per heavy atom. The van der Waals surface area contributed by atoms with Crippen molar-refractivity contribution in [1.82, 2.24) is 4.90 Å². The first-order chi connectivity index (χ1) is 7.50. The molecule has 0 spiro atoms. The van der Waals surface area contributed by atoms with E-state index in [4.69, 9.17) is 4.74 Å². The Bertz CT molecular complexity index is 226. The van der Waals surface area contributed by atoms with Crippen molar-refractivity contribution in [2.45, 2.75) is 52.7 Å². The lowest BCUT2D eigenvalue weighted by Gasteiger charge is -2.20. The van der Waals surface area contributed by atoms with Gasteiger partial charge >= 0.3 is 0 Å². The Morgan fingerprint density at radius 2 is 2.06 bits per heavy atom. The molecule has 1 heterocycles. The third-order valence-corrected chi connectivity index (χ3v) is 3.25. The van der Waals surface area contributed by atoms with Crippen LogP contribution in [0.3, 0.4) is 0 Å². The molecule has 0 aliphatic carbocycles. The van der Waals surface area contributed by atoms with Crippen molar-refractivity contribution in [2.24, 2.45) is 5.92 Å². The third-order valence-electron chi connectivity index (χ3n) is 3.25. The molecule has 1 fully saturated rings. The topological polar surface area (TPSA) is 29.5 Å². The highest BCUT2D eigenvalue weighted by atomic mass is 16.5. The van der Waals surface area contributed by atoms with Crippen molar-refractivity contribution in [3.8, 4) is 0 Å². The van der Waals surface area contributed by atoms with Gasteiger partial charge < -0.3 is 4.74 Å². The fourth-order valence-corrected chi connectivity index (χ4v) is 1.97. The highest BCUT2D eigenvalue weighted by Crippen LogP contribution is 2.15. The van der Waals surface area contributed by atoms with E-state index < -0.39 is 0 Å². The number of likely N-dealkylation sites (tertiary alicyclic amines) is 1. The predicted octanol–water partition coefficient (Wildman–Crippen LogP) is 2.10. The SMILES string of the molecule is CC(C)C(=O)CCOC1CCN(C(C)C)C1. The molecule has 0 aromatic heterocycles. The largest absolute Gasteiger partial charge is 0.376 e. The molecular formula is C13H25NO2. The van der Waals surface area contributed by atoms with E-state index in [2.05, 4.69) is 18.7 Å². The first-order valence-electron chi connectivity index (χ1n) is 6.39. The number of carbonyl (C=O) groups is 1. The van der Waals surface area contributed by atoms with E-state index >= 15 is 0 Å². The molecule has 1 rings (SSSR count). The molecule has 0 radical (unpaired) electrons. The first kappa shape index (κ1) is 13.7. The molecule has 1 aliphatic heterocycles. The van der Waals surface area contributed by atoms with Crippen LogP contribution in [0.25, 0.3) is 0 Å². The molecule has 0 saturated carbocycles. The summed E-state index contributed by atoms with van der Waals surface area (Å²) in [7, 11) is 0. The summed E-state index contributed by atoms with van der Waals surface area (Å²) in [6, 6.07) is 0.603. The standard InChI is InChI=1S/C13H25NO2/c1-10(2)13(15)6-8-16-12-5-7-14(9-12)11(3)4/h10-12H,5-9H2,1-4H3. The Kier molecular flexibility index (Phi) is 5.42. The quantitative estimate of drug-likeness (QED) is 0.696. The Balaban J connectivity index is 2.13. The van der Waals surface area contributed by atoms with Gasteiger partial charge in [0, 0.05) is 31.5 Å². The average Bonchev–Trinajstić information content (AvgIpc) is 2.66. The fraction of sp³-hybridized carbons (Fsp3) is 0.923. The zero-order valence-corrected chi connectivity index (χ0v) is 11.0. The fourth-order valence-electron chi connectivity index (χ4n) is 1.97. The summed E-state index contributed by atoms with van der Waals surface area (Å²) in [6.45, 7) is 11.0. The number of nitrogens with zero attached hydrogens (tertiary/aromatic N) is 1. The van der Waals surface area contributed by atoms with Crippen molar-refractivity contribution in [2.75, 3.05) is 19.7 Å². The summed E-state index contributed by atoms with van der Waals surface area (Å²) >= 11 is 0. The minimum Gasteiger partial charge on any atom is -0.376 e. The molecule has 0 aromatic carbocycles. The zero-order valence-electron chi connectivity index (χ0n) is 11.0. The average molecular weight is 227 g/mol. The smallest absolute Gasteiger partial charge is 0.137 e. The maximum absolute atomic E-state index is 11.4. The number of ether oxygens (including phenoxy) is 1. The minimum atomic E-state index is 0.138. The second-order valence-electron chi connectivity index (χ2n) is 5.24. The number of hydrogen-bond donors (Lipinski definition) is 0. The molecule has 0 amide bonds. The number of rotatable bonds is 6. The van der Waals surface area contributed by atoms with E-state index in [0.29, 0.717) is 31.0 Å². The van der Waals surface area contributed by atoms with Crippen LogP contribution in [-0.2, 0) is 9.53 Å². The first-order valence-corrected chi connectivity index (χ1v) is 6.39. The summed E-state index contributed by atoms with van der Waals surface area (Å²) in [5.74, 6) is 0.443. The van der Waals surface area contributed by atoms with Gasteiger partial charge in [-0.2, -0.15) is 0 Å². The molecule has 1 unspecified atom stereocenters. The summed E-state index contributed by atoms with van der Waals surface area (Å²) in [6.07, 6.45) is 2.01. The summed E-state index contributed by atoms with van der Waals surface area (Å²) < 4.78 is 5.74. The van der Waals surface area contributed by atoms with E-state index in [-0.39, 0.29) is 5.92 Å². The monoisotopic (exact) mass is 227 g/mol. The minimum absolute atomic E-state index is 0.138. The van der Waals surface area contributed by atoms with Crippen LogP contribution in [-0.4, -0.2) is 42.5 Å². The highest BCUT2D eigenvalue weighted by molar-refractivity contribution is 5.80. The van der Waals surface area contributed by atoms with Crippen molar-refractivity contribution in [1.29, 1.82) is 0 Å². The van der Waals surface area contributed by atoms with E-state index in [9.17, 15) is 4.79 Å². The van der Waals surface area contributed by atoms with Gasteiger partial charge in [0.25, 0.3) is 0 Å². The van der Waals surface area contributed by atoms with Crippen LogP contribution in [0.1, 0.15) is 40.5 Å². The van der Waals surface area contributed by atoms with Gasteiger partial charge in [0.2, 0.25) is 0 Å². The van der Waals surface area contributed by atoms with E-state index in [1.54, 1.807) is 0 Å². The number of carbonyl (C=O) groups excluding carboxylic acids is 1. The van der Waals surface area contributed by atoms with Gasteiger partial charge in [0.15, 0.2) is 0 Å². The molecule has 0 aromatic rings. The molecule has 1 saturated heterocycles. The van der Waals surface area contributed by atoms with Crippen LogP contribution in [0, 0.1) is 5.92 Å². The maximum atomic E-state index is 11.4. The van der Waals surface area contributed by atoms with Crippen molar-refractivity contribution < 1.29 is 9.53 Å². The molecule has 0 N–H and O–H groups in total. The lowest BCUT2D eigenvalue weighted by atomic mass is 10.1. The van der Waals surface area contributed by atoms with Crippen LogP contribution in [0.2, 0.25) is 0 Å². The van der Waals surface area contributed by atoms with Crippen LogP contribution in [0.4, 0.5) is 0 Å². The normalized spacial score (nSPS) is 22.2. The molecule has 3 nitrogen and oxygen atoms in total. The van der Waals surface area contributed by atoms with Crippen molar-refractivity contribution in [3.63, 3.8) is 0 Å². The third kappa shape index (κ3) is 4.22. The Labute approximate surface area is 99.1 Å².